The second kappa shape index (κ2) is 14.1. The minimum absolute atomic E-state index is 0.0130. The van der Waals surface area contributed by atoms with E-state index in [1.165, 1.54) is 87.5 Å². The molecule has 1 aliphatic carbocycles. The average Bonchev–Trinajstić information content (AvgIpc) is 3.28. The van der Waals surface area contributed by atoms with Crippen LogP contribution in [0.4, 0.5) is 34.1 Å². The highest BCUT2D eigenvalue weighted by Crippen LogP contribution is 2.54. The minimum Gasteiger partial charge on any atom is -0.497 e. The first kappa shape index (κ1) is 37.2. The molecule has 10 aromatic carbocycles. The number of hydrogen-bond acceptors (Lipinski definition) is 3. The van der Waals surface area contributed by atoms with Crippen LogP contribution in [-0.2, 0) is 11.8 Å². The fourth-order valence-electron chi connectivity index (χ4n) is 10.2. The summed E-state index contributed by atoms with van der Waals surface area (Å²) in [5.74, 6) is 1.15. The summed E-state index contributed by atoms with van der Waals surface area (Å²) >= 11 is 0. The molecule has 1 aliphatic rings. The predicted molar refractivity (Wildman–Crippen MR) is 261 cm³/mol. The molecule has 0 radical (unpaired) electrons. The molecule has 298 valence electrons. The molecule has 0 spiro atoms. The second-order valence-electron chi connectivity index (χ2n) is 18.1. The molecule has 0 atom stereocenters. The van der Waals surface area contributed by atoms with Gasteiger partial charge in [-0.05, 0) is 164 Å². The molecule has 0 unspecified atom stereocenters. The van der Waals surface area contributed by atoms with Crippen LogP contribution in [0.1, 0.15) is 62.3 Å². The Kier molecular flexibility index (Phi) is 8.61. The van der Waals surface area contributed by atoms with Crippen LogP contribution in [0.15, 0.2) is 164 Å². The molecule has 11 rings (SSSR count). The highest BCUT2D eigenvalue weighted by molar-refractivity contribution is 6.30. The van der Waals surface area contributed by atoms with Crippen LogP contribution in [0.2, 0.25) is 0 Å². The first-order valence-electron chi connectivity index (χ1n) is 21.8. The molecule has 0 saturated heterocycles. The Hall–Kier alpha value is -6.84. The van der Waals surface area contributed by atoms with E-state index >= 15 is 0 Å². The summed E-state index contributed by atoms with van der Waals surface area (Å²) in [5.41, 5.74) is 12.4. The molecule has 0 fully saturated rings. The Balaban J connectivity index is 1.27. The lowest BCUT2D eigenvalue weighted by atomic mass is 9.70. The van der Waals surface area contributed by atoms with E-state index < -0.39 is 0 Å². The lowest BCUT2D eigenvalue weighted by Crippen LogP contribution is -2.24. The number of aryl methyl sites for hydroxylation is 2. The molecule has 0 heterocycles. The molecule has 0 amide bonds. The van der Waals surface area contributed by atoms with E-state index in [-0.39, 0.29) is 5.41 Å². The van der Waals surface area contributed by atoms with E-state index in [9.17, 15) is 0 Å². The third-order valence-electron chi connectivity index (χ3n) is 13.5. The van der Waals surface area contributed by atoms with Crippen LogP contribution in [0, 0.1) is 6.92 Å². The number of fused-ring (bicyclic) bond motifs is 2. The summed E-state index contributed by atoms with van der Waals surface area (Å²) in [7, 11) is 1.74. The van der Waals surface area contributed by atoms with Crippen LogP contribution in [-0.4, -0.2) is 7.11 Å². The number of rotatable bonds is 8. The molecule has 0 N–H and O–H groups in total. The smallest absolute Gasteiger partial charge is 0.119 e. The van der Waals surface area contributed by atoms with Gasteiger partial charge in [0.1, 0.15) is 5.75 Å². The number of ether oxygens (including phenoxy) is 1. The van der Waals surface area contributed by atoms with Crippen LogP contribution in [0.3, 0.4) is 0 Å². The maximum atomic E-state index is 5.67. The lowest BCUT2D eigenvalue weighted by molar-refractivity contribution is 0.415. The van der Waals surface area contributed by atoms with E-state index in [0.717, 1.165) is 41.3 Å². The van der Waals surface area contributed by atoms with Crippen molar-refractivity contribution < 1.29 is 4.74 Å². The molecule has 3 heteroatoms. The number of anilines is 6. The Labute approximate surface area is 358 Å². The van der Waals surface area contributed by atoms with Crippen molar-refractivity contribution in [1.82, 2.24) is 0 Å². The Bertz CT molecular complexity index is 3300. The normalized spacial score (nSPS) is 13.6. The van der Waals surface area contributed by atoms with Gasteiger partial charge in [0.15, 0.2) is 0 Å². The molecule has 0 bridgehead atoms. The van der Waals surface area contributed by atoms with Crippen molar-refractivity contribution in [2.75, 3.05) is 16.9 Å². The highest BCUT2D eigenvalue weighted by Gasteiger charge is 2.34. The Morgan fingerprint density at radius 3 is 1.64 bits per heavy atom. The van der Waals surface area contributed by atoms with Gasteiger partial charge in [0.2, 0.25) is 0 Å². The maximum Gasteiger partial charge on any atom is 0.119 e. The quantitative estimate of drug-likeness (QED) is 0.143. The number of nitrogens with zero attached hydrogens (tertiary/aromatic N) is 2. The van der Waals surface area contributed by atoms with Crippen molar-refractivity contribution in [2.45, 2.75) is 58.8 Å². The Morgan fingerprint density at radius 2 is 1.05 bits per heavy atom. The number of hydrogen-bond donors (Lipinski definition) is 0. The lowest BCUT2D eigenvalue weighted by Gasteiger charge is -2.37. The van der Waals surface area contributed by atoms with Crippen molar-refractivity contribution >= 4 is 88.0 Å². The van der Waals surface area contributed by atoms with Crippen molar-refractivity contribution in [3.63, 3.8) is 0 Å². The molecular formula is C58H50N2O. The molecule has 0 aromatic heterocycles. The average molecular weight is 791 g/mol. The summed E-state index contributed by atoms with van der Waals surface area (Å²) in [6.45, 7) is 11.8. The minimum atomic E-state index is -0.0130. The fourth-order valence-corrected chi connectivity index (χ4v) is 10.2. The van der Waals surface area contributed by atoms with Gasteiger partial charge >= 0.3 is 0 Å². The number of methoxy groups -OCH3 is 1. The largest absolute Gasteiger partial charge is 0.497 e. The van der Waals surface area contributed by atoms with E-state index in [4.69, 9.17) is 4.74 Å². The summed E-state index contributed by atoms with van der Waals surface area (Å²) in [4.78, 5) is 5.00. The van der Waals surface area contributed by atoms with Gasteiger partial charge < -0.3 is 14.5 Å². The number of benzene rings is 10. The van der Waals surface area contributed by atoms with Crippen molar-refractivity contribution in [3.8, 4) is 5.75 Å². The SMILES string of the molecule is COc1ccc(N(c2ccc3ccccc3c2)c2cc3c4c(cc5c(N(c6ccc(C)cc6)c6ccc7ccccc7c6)cc(C(C)C)c6ccc2c4c65)C(C)(C)CC3)cc1. The zero-order chi connectivity index (χ0) is 41.6. The van der Waals surface area contributed by atoms with Gasteiger partial charge in [0.05, 0.1) is 18.5 Å². The van der Waals surface area contributed by atoms with Crippen molar-refractivity contribution in [3.05, 3.63) is 186 Å². The summed E-state index contributed by atoms with van der Waals surface area (Å²) in [6.07, 6.45) is 2.10. The summed E-state index contributed by atoms with van der Waals surface area (Å²) in [5, 5.41) is 13.0. The van der Waals surface area contributed by atoms with Gasteiger partial charge in [-0.2, -0.15) is 0 Å². The fraction of sp³-hybridized carbons (Fsp3) is 0.172. The molecule has 61 heavy (non-hydrogen) atoms. The first-order chi connectivity index (χ1) is 29.7. The molecule has 0 aliphatic heterocycles. The van der Waals surface area contributed by atoms with Gasteiger partial charge in [-0.3, -0.25) is 0 Å². The molecule has 10 aromatic rings. The monoisotopic (exact) mass is 790 g/mol. The van der Waals surface area contributed by atoms with E-state index in [1.807, 2.05) is 0 Å². The molecule has 0 saturated carbocycles. The van der Waals surface area contributed by atoms with Crippen molar-refractivity contribution in [1.29, 1.82) is 0 Å². The summed E-state index contributed by atoms with van der Waals surface area (Å²) < 4.78 is 5.67. The zero-order valence-electron chi connectivity index (χ0n) is 35.9. The maximum absolute atomic E-state index is 5.67. The van der Waals surface area contributed by atoms with Gasteiger partial charge in [-0.1, -0.05) is 118 Å². The molecular weight excluding hydrogens is 741 g/mol. The molecule has 3 nitrogen and oxygen atoms in total. The Morgan fingerprint density at radius 1 is 0.508 bits per heavy atom. The third kappa shape index (κ3) is 6.01. The van der Waals surface area contributed by atoms with Gasteiger partial charge in [-0.25, -0.2) is 0 Å². The van der Waals surface area contributed by atoms with Gasteiger partial charge in [-0.15, -0.1) is 0 Å². The van der Waals surface area contributed by atoms with Gasteiger partial charge in [0.25, 0.3) is 0 Å². The van der Waals surface area contributed by atoms with Gasteiger partial charge in [0, 0.05) is 38.9 Å². The zero-order valence-corrected chi connectivity index (χ0v) is 35.9. The second-order valence-corrected chi connectivity index (χ2v) is 18.1. The van der Waals surface area contributed by atoms with Crippen LogP contribution < -0.4 is 14.5 Å². The van der Waals surface area contributed by atoms with Crippen molar-refractivity contribution in [2.24, 2.45) is 0 Å². The standard InChI is InChI=1S/C58H50N2O/c1-36(2)50-35-54(60(43-19-15-37(3)16-20-43)46-22-18-39-12-8-10-14-41(39)32-46)51-34-52-55-42(29-30-58(52,4)5)33-53(49-28-27-48(50)56(51)57(49)55)59(44-23-25-47(61-6)26-24-44)45-21-17-38-11-7-9-13-40(38)31-45/h7-28,31-36H,29-30H2,1-6H3. The van der Waals surface area contributed by atoms with Crippen LogP contribution in [0.25, 0.3) is 53.9 Å². The van der Waals surface area contributed by atoms with E-state index in [2.05, 4.69) is 208 Å². The van der Waals surface area contributed by atoms with E-state index in [1.54, 1.807) is 7.11 Å². The van der Waals surface area contributed by atoms with Crippen LogP contribution >= 0.6 is 0 Å². The highest BCUT2D eigenvalue weighted by atomic mass is 16.5. The topological polar surface area (TPSA) is 15.7 Å². The first-order valence-corrected chi connectivity index (χ1v) is 21.8. The van der Waals surface area contributed by atoms with E-state index in [0.29, 0.717) is 5.92 Å². The van der Waals surface area contributed by atoms with Crippen LogP contribution in [0.5, 0.6) is 5.75 Å². The third-order valence-corrected chi connectivity index (χ3v) is 13.5. The summed E-state index contributed by atoms with van der Waals surface area (Å²) in [6, 6.07) is 61.3. The predicted octanol–water partition coefficient (Wildman–Crippen LogP) is 16.5.